The number of methoxy groups -OCH3 is 2. The Morgan fingerprint density at radius 1 is 1.15 bits per heavy atom. The Morgan fingerprint density at radius 2 is 1.80 bits per heavy atom. The van der Waals surface area contributed by atoms with E-state index in [1.807, 2.05) is 6.07 Å². The molecule has 0 fully saturated rings. The lowest BCUT2D eigenvalue weighted by molar-refractivity contribution is 0.355. The minimum absolute atomic E-state index is 0.744. The van der Waals surface area contributed by atoms with E-state index in [-0.39, 0.29) is 0 Å². The van der Waals surface area contributed by atoms with E-state index in [0.717, 1.165) is 42.7 Å². The van der Waals surface area contributed by atoms with Crippen molar-refractivity contribution >= 4 is 11.4 Å². The first-order valence-electron chi connectivity index (χ1n) is 7.48. The van der Waals surface area contributed by atoms with E-state index in [0.29, 0.717) is 0 Å². The molecular formula is C16H26N2O2. The van der Waals surface area contributed by atoms with Gasteiger partial charge in [-0.2, -0.15) is 0 Å². The lowest BCUT2D eigenvalue weighted by atomic mass is 10.0. The molecule has 0 atom stereocenters. The highest BCUT2D eigenvalue weighted by Gasteiger charge is 2.21. The molecule has 4 heteroatoms. The first-order chi connectivity index (χ1) is 9.73. The zero-order chi connectivity index (χ0) is 14.5. The maximum Gasteiger partial charge on any atom is 0.162 e. The van der Waals surface area contributed by atoms with Crippen LogP contribution >= 0.6 is 0 Å². The Kier molecular flexibility index (Phi) is 4.99. The Labute approximate surface area is 122 Å². The molecule has 0 bridgehead atoms. The monoisotopic (exact) mass is 278 g/mol. The highest BCUT2D eigenvalue weighted by atomic mass is 16.5. The van der Waals surface area contributed by atoms with Crippen molar-refractivity contribution in [3.63, 3.8) is 0 Å². The summed E-state index contributed by atoms with van der Waals surface area (Å²) in [5.74, 6) is 2.32. The van der Waals surface area contributed by atoms with Crippen molar-refractivity contribution in [2.75, 3.05) is 44.1 Å². The highest BCUT2D eigenvalue weighted by Crippen LogP contribution is 2.40. The van der Waals surface area contributed by atoms with Crippen LogP contribution in [0.15, 0.2) is 12.1 Å². The van der Waals surface area contributed by atoms with E-state index in [9.17, 15) is 0 Å². The minimum Gasteiger partial charge on any atom is -0.493 e. The molecule has 1 N–H and O–H groups in total. The summed E-state index contributed by atoms with van der Waals surface area (Å²) in [4.78, 5) is 2.46. The summed E-state index contributed by atoms with van der Waals surface area (Å²) < 4.78 is 10.8. The maximum absolute atomic E-state index is 5.43. The van der Waals surface area contributed by atoms with Gasteiger partial charge in [0, 0.05) is 31.8 Å². The van der Waals surface area contributed by atoms with Gasteiger partial charge < -0.3 is 19.7 Å². The fourth-order valence-electron chi connectivity index (χ4n) is 2.77. The van der Waals surface area contributed by atoms with Crippen molar-refractivity contribution in [2.45, 2.75) is 26.7 Å². The Morgan fingerprint density at radius 3 is 2.40 bits per heavy atom. The molecule has 2 rings (SSSR count). The summed E-state index contributed by atoms with van der Waals surface area (Å²) in [6, 6.07) is 4.12. The second-order valence-electron chi connectivity index (χ2n) is 5.28. The lowest BCUT2D eigenvalue weighted by Crippen LogP contribution is -2.37. The van der Waals surface area contributed by atoms with Crippen molar-refractivity contribution in [1.29, 1.82) is 0 Å². The third kappa shape index (κ3) is 2.94. The maximum atomic E-state index is 5.43. The molecule has 1 aromatic rings. The van der Waals surface area contributed by atoms with Crippen LogP contribution in [0.3, 0.4) is 0 Å². The average molecular weight is 278 g/mol. The van der Waals surface area contributed by atoms with E-state index in [1.54, 1.807) is 14.2 Å². The van der Waals surface area contributed by atoms with E-state index in [4.69, 9.17) is 9.47 Å². The molecule has 1 aliphatic rings. The second kappa shape index (κ2) is 6.73. The predicted molar refractivity (Wildman–Crippen MR) is 84.3 cm³/mol. The molecule has 0 spiro atoms. The second-order valence-corrected chi connectivity index (χ2v) is 5.28. The van der Waals surface area contributed by atoms with Gasteiger partial charge >= 0.3 is 0 Å². The zero-order valence-corrected chi connectivity index (χ0v) is 13.0. The summed E-state index contributed by atoms with van der Waals surface area (Å²) in [7, 11) is 3.36. The number of nitrogens with zero attached hydrogens (tertiary/aromatic N) is 1. The minimum atomic E-state index is 0.744. The third-order valence-electron chi connectivity index (χ3n) is 4.17. The molecule has 0 unspecified atom stereocenters. The van der Waals surface area contributed by atoms with Crippen LogP contribution in [0.25, 0.3) is 0 Å². The lowest BCUT2D eigenvalue weighted by Gasteiger charge is -2.35. The Hall–Kier alpha value is -1.58. The first-order valence-corrected chi connectivity index (χ1v) is 7.48. The SMILES string of the molecule is CCC(CC)CN1CCNc2cc(OC)c(OC)cc21. The zero-order valence-electron chi connectivity index (χ0n) is 13.0. The van der Waals surface area contributed by atoms with Crippen LogP contribution in [-0.2, 0) is 0 Å². The predicted octanol–water partition coefficient (Wildman–Crippen LogP) is 3.37. The van der Waals surface area contributed by atoms with Gasteiger partial charge in [-0.3, -0.25) is 0 Å². The number of benzene rings is 1. The summed E-state index contributed by atoms with van der Waals surface area (Å²) >= 11 is 0. The molecule has 0 aromatic heterocycles. The molecule has 4 nitrogen and oxygen atoms in total. The smallest absolute Gasteiger partial charge is 0.162 e. The summed E-state index contributed by atoms with van der Waals surface area (Å²) in [5.41, 5.74) is 2.36. The van der Waals surface area contributed by atoms with Crippen molar-refractivity contribution in [3.8, 4) is 11.5 Å². The summed E-state index contributed by atoms with van der Waals surface area (Å²) in [6.45, 7) is 7.66. The van der Waals surface area contributed by atoms with Crippen LogP contribution in [0, 0.1) is 5.92 Å². The molecule has 0 aliphatic carbocycles. The Bertz CT molecular complexity index is 444. The molecule has 20 heavy (non-hydrogen) atoms. The normalized spacial score (nSPS) is 13.9. The van der Waals surface area contributed by atoms with Crippen molar-refractivity contribution in [1.82, 2.24) is 0 Å². The van der Waals surface area contributed by atoms with Crippen LogP contribution in [0.2, 0.25) is 0 Å². The molecule has 0 radical (unpaired) electrons. The average Bonchev–Trinajstić information content (AvgIpc) is 2.51. The number of hydrogen-bond acceptors (Lipinski definition) is 4. The molecular weight excluding hydrogens is 252 g/mol. The number of rotatable bonds is 6. The van der Waals surface area contributed by atoms with E-state index >= 15 is 0 Å². The highest BCUT2D eigenvalue weighted by molar-refractivity contribution is 5.76. The molecule has 1 heterocycles. The van der Waals surface area contributed by atoms with E-state index in [1.165, 1.54) is 18.5 Å². The molecule has 0 saturated heterocycles. The van der Waals surface area contributed by atoms with Crippen molar-refractivity contribution in [3.05, 3.63) is 12.1 Å². The topological polar surface area (TPSA) is 33.7 Å². The number of anilines is 2. The fraction of sp³-hybridized carbons (Fsp3) is 0.625. The van der Waals surface area contributed by atoms with Crippen LogP contribution in [-0.4, -0.2) is 33.9 Å². The van der Waals surface area contributed by atoms with Gasteiger partial charge in [0.15, 0.2) is 11.5 Å². The molecule has 0 saturated carbocycles. The van der Waals surface area contributed by atoms with Crippen LogP contribution in [0.5, 0.6) is 11.5 Å². The number of hydrogen-bond donors (Lipinski definition) is 1. The van der Waals surface area contributed by atoms with Crippen molar-refractivity contribution < 1.29 is 9.47 Å². The fourth-order valence-corrected chi connectivity index (χ4v) is 2.77. The van der Waals surface area contributed by atoms with Gasteiger partial charge in [-0.15, -0.1) is 0 Å². The summed E-state index contributed by atoms with van der Waals surface area (Å²) in [6.07, 6.45) is 2.45. The first kappa shape index (κ1) is 14.8. The number of nitrogens with one attached hydrogen (secondary N) is 1. The van der Waals surface area contributed by atoms with Gasteiger partial charge in [-0.05, 0) is 5.92 Å². The largest absolute Gasteiger partial charge is 0.493 e. The third-order valence-corrected chi connectivity index (χ3v) is 4.17. The van der Waals surface area contributed by atoms with Crippen LogP contribution < -0.4 is 19.7 Å². The molecule has 1 aromatic carbocycles. The summed E-state index contributed by atoms with van der Waals surface area (Å²) in [5, 5.41) is 3.45. The van der Waals surface area contributed by atoms with E-state index in [2.05, 4.69) is 30.1 Å². The van der Waals surface area contributed by atoms with Crippen LogP contribution in [0.1, 0.15) is 26.7 Å². The van der Waals surface area contributed by atoms with Gasteiger partial charge in [0.1, 0.15) is 0 Å². The molecule has 112 valence electrons. The van der Waals surface area contributed by atoms with E-state index < -0.39 is 0 Å². The number of fused-ring (bicyclic) bond motifs is 1. The quantitative estimate of drug-likeness (QED) is 0.865. The van der Waals surface area contributed by atoms with Gasteiger partial charge in [0.05, 0.1) is 25.6 Å². The van der Waals surface area contributed by atoms with Gasteiger partial charge in [-0.25, -0.2) is 0 Å². The van der Waals surface area contributed by atoms with Gasteiger partial charge in [0.2, 0.25) is 0 Å². The van der Waals surface area contributed by atoms with Crippen LogP contribution in [0.4, 0.5) is 11.4 Å². The Balaban J connectivity index is 2.29. The van der Waals surface area contributed by atoms with Gasteiger partial charge in [-0.1, -0.05) is 26.7 Å². The van der Waals surface area contributed by atoms with Crippen molar-refractivity contribution in [2.24, 2.45) is 5.92 Å². The molecule has 1 aliphatic heterocycles. The standard InChI is InChI=1S/C16H26N2O2/c1-5-12(6-2)11-18-8-7-17-13-9-15(19-3)16(20-4)10-14(13)18/h9-10,12,17H,5-8,11H2,1-4H3. The van der Waals surface area contributed by atoms with Gasteiger partial charge in [0.25, 0.3) is 0 Å². The number of ether oxygens (including phenoxy) is 2. The molecule has 0 amide bonds.